The first kappa shape index (κ1) is 12.3. The number of rotatable bonds is 6. The Morgan fingerprint density at radius 1 is 1.54 bits per heavy atom. The molecule has 0 radical (unpaired) electrons. The van der Waals surface area contributed by atoms with Crippen molar-refractivity contribution in [2.24, 2.45) is 0 Å². The summed E-state index contributed by atoms with van der Waals surface area (Å²) < 4.78 is 23.9. The van der Waals surface area contributed by atoms with Crippen molar-refractivity contribution in [3.05, 3.63) is 0 Å². The van der Waals surface area contributed by atoms with Gasteiger partial charge in [0.25, 0.3) is 6.43 Å². The van der Waals surface area contributed by atoms with E-state index in [2.05, 4.69) is 0 Å². The molecule has 0 saturated heterocycles. The maximum atomic E-state index is 11.9. The highest BCUT2D eigenvalue weighted by Crippen LogP contribution is 2.02. The number of amides is 1. The summed E-state index contributed by atoms with van der Waals surface area (Å²) in [5.41, 5.74) is 0. The third-order valence-electron chi connectivity index (χ3n) is 1.54. The fraction of sp³-hybridized carbons (Fsp3) is 0.875. The van der Waals surface area contributed by atoms with Gasteiger partial charge in [-0.1, -0.05) is 6.92 Å². The van der Waals surface area contributed by atoms with Gasteiger partial charge in [-0.3, -0.25) is 4.79 Å². The van der Waals surface area contributed by atoms with E-state index in [1.54, 1.807) is 6.92 Å². The summed E-state index contributed by atoms with van der Waals surface area (Å²) in [6.07, 6.45) is -1.65. The number of aliphatic hydroxyl groups excluding tert-OH is 1. The number of alkyl halides is 2. The third kappa shape index (κ3) is 5.52. The number of nitrogens with zero attached hydrogens (tertiary/aromatic N) is 1. The molecule has 3 nitrogen and oxygen atoms in total. The van der Waals surface area contributed by atoms with Gasteiger partial charge in [0.15, 0.2) is 0 Å². The fourth-order valence-electron chi connectivity index (χ4n) is 0.977. The Labute approximate surface area is 76.3 Å². The summed E-state index contributed by atoms with van der Waals surface area (Å²) in [6, 6.07) is 0. The van der Waals surface area contributed by atoms with E-state index in [9.17, 15) is 13.6 Å². The molecule has 0 bridgehead atoms. The molecule has 0 aromatic rings. The van der Waals surface area contributed by atoms with Crippen LogP contribution in [0.1, 0.15) is 19.8 Å². The van der Waals surface area contributed by atoms with Gasteiger partial charge in [0.05, 0.1) is 13.2 Å². The lowest BCUT2D eigenvalue weighted by molar-refractivity contribution is -0.133. The van der Waals surface area contributed by atoms with E-state index < -0.39 is 13.0 Å². The lowest BCUT2D eigenvalue weighted by atomic mass is 10.3. The van der Waals surface area contributed by atoms with Crippen molar-refractivity contribution in [1.29, 1.82) is 0 Å². The Balaban J connectivity index is 3.98. The Kier molecular flexibility index (Phi) is 6.40. The van der Waals surface area contributed by atoms with Gasteiger partial charge in [-0.2, -0.15) is 0 Å². The topological polar surface area (TPSA) is 40.5 Å². The first-order valence-corrected chi connectivity index (χ1v) is 4.28. The SMILES string of the molecule is CCCC(=O)N(CCO)CC(F)F. The molecular weight excluding hydrogens is 180 g/mol. The van der Waals surface area contributed by atoms with Crippen molar-refractivity contribution in [3.8, 4) is 0 Å². The average Bonchev–Trinajstić information content (AvgIpc) is 2.03. The Bertz CT molecular complexity index is 153. The minimum absolute atomic E-state index is 0.0107. The highest BCUT2D eigenvalue weighted by molar-refractivity contribution is 5.76. The van der Waals surface area contributed by atoms with Crippen molar-refractivity contribution in [1.82, 2.24) is 4.90 Å². The van der Waals surface area contributed by atoms with Gasteiger partial charge < -0.3 is 10.0 Å². The van der Waals surface area contributed by atoms with Gasteiger partial charge in [0.2, 0.25) is 5.91 Å². The number of aliphatic hydroxyl groups is 1. The van der Waals surface area contributed by atoms with Crippen molar-refractivity contribution in [3.63, 3.8) is 0 Å². The number of halogens is 2. The summed E-state index contributed by atoms with van der Waals surface area (Å²) in [5.74, 6) is -0.322. The quantitative estimate of drug-likeness (QED) is 0.683. The van der Waals surface area contributed by atoms with Crippen LogP contribution >= 0.6 is 0 Å². The first-order valence-electron chi connectivity index (χ1n) is 4.28. The van der Waals surface area contributed by atoms with Crippen LogP contribution in [-0.2, 0) is 4.79 Å². The highest BCUT2D eigenvalue weighted by atomic mass is 19.3. The Morgan fingerprint density at radius 3 is 2.54 bits per heavy atom. The van der Waals surface area contributed by atoms with Crippen LogP contribution in [0.3, 0.4) is 0 Å². The minimum Gasteiger partial charge on any atom is -0.395 e. The predicted molar refractivity (Wildman–Crippen MR) is 44.6 cm³/mol. The van der Waals surface area contributed by atoms with Gasteiger partial charge in [-0.05, 0) is 6.42 Å². The molecule has 1 N–H and O–H groups in total. The van der Waals surface area contributed by atoms with E-state index in [-0.39, 0.29) is 25.5 Å². The van der Waals surface area contributed by atoms with Gasteiger partial charge in [0.1, 0.15) is 0 Å². The van der Waals surface area contributed by atoms with Crippen molar-refractivity contribution >= 4 is 5.91 Å². The molecule has 1 amide bonds. The molecule has 0 fully saturated rings. The van der Waals surface area contributed by atoms with Crippen LogP contribution in [0.5, 0.6) is 0 Å². The number of hydrogen-bond donors (Lipinski definition) is 1. The number of hydrogen-bond acceptors (Lipinski definition) is 2. The minimum atomic E-state index is -2.53. The molecule has 0 aliphatic carbocycles. The van der Waals surface area contributed by atoms with Crippen molar-refractivity contribution in [2.75, 3.05) is 19.7 Å². The zero-order valence-corrected chi connectivity index (χ0v) is 7.67. The van der Waals surface area contributed by atoms with Gasteiger partial charge in [-0.25, -0.2) is 8.78 Å². The maximum absolute atomic E-state index is 11.9. The van der Waals surface area contributed by atoms with Gasteiger partial charge in [-0.15, -0.1) is 0 Å². The van der Waals surface area contributed by atoms with E-state index in [0.717, 1.165) is 4.90 Å². The molecule has 13 heavy (non-hydrogen) atoms. The second-order valence-corrected chi connectivity index (χ2v) is 2.70. The normalized spacial score (nSPS) is 10.5. The summed E-state index contributed by atoms with van der Waals surface area (Å²) in [7, 11) is 0. The van der Waals surface area contributed by atoms with Gasteiger partial charge >= 0.3 is 0 Å². The fourth-order valence-corrected chi connectivity index (χ4v) is 0.977. The molecule has 0 spiro atoms. The molecule has 0 aromatic heterocycles. The van der Waals surface area contributed by atoms with Crippen molar-refractivity contribution < 1.29 is 18.7 Å². The van der Waals surface area contributed by atoms with E-state index >= 15 is 0 Å². The van der Waals surface area contributed by atoms with Gasteiger partial charge in [0, 0.05) is 13.0 Å². The third-order valence-corrected chi connectivity index (χ3v) is 1.54. The largest absolute Gasteiger partial charge is 0.395 e. The molecule has 0 saturated carbocycles. The maximum Gasteiger partial charge on any atom is 0.255 e. The second-order valence-electron chi connectivity index (χ2n) is 2.70. The molecule has 0 unspecified atom stereocenters. The van der Waals surface area contributed by atoms with Crippen LogP contribution in [0.25, 0.3) is 0 Å². The zero-order valence-electron chi connectivity index (χ0n) is 7.67. The average molecular weight is 195 g/mol. The highest BCUT2D eigenvalue weighted by Gasteiger charge is 2.16. The Hall–Kier alpha value is -0.710. The second kappa shape index (κ2) is 6.77. The van der Waals surface area contributed by atoms with Crippen LogP contribution in [0.2, 0.25) is 0 Å². The molecule has 0 heterocycles. The zero-order chi connectivity index (χ0) is 10.3. The van der Waals surface area contributed by atoms with Crippen LogP contribution in [0.4, 0.5) is 8.78 Å². The standard InChI is InChI=1S/C8H15F2NO2/c1-2-3-8(13)11(4-5-12)6-7(9)10/h7,12H,2-6H2,1H3. The van der Waals surface area contributed by atoms with Crippen LogP contribution < -0.4 is 0 Å². The Morgan fingerprint density at radius 2 is 2.15 bits per heavy atom. The van der Waals surface area contributed by atoms with E-state index in [0.29, 0.717) is 6.42 Å². The summed E-state index contributed by atoms with van der Waals surface area (Å²) >= 11 is 0. The smallest absolute Gasteiger partial charge is 0.255 e. The monoisotopic (exact) mass is 195 g/mol. The molecule has 0 aliphatic rings. The summed E-state index contributed by atoms with van der Waals surface area (Å²) in [5, 5.41) is 8.53. The molecule has 5 heteroatoms. The molecule has 0 aliphatic heterocycles. The van der Waals surface area contributed by atoms with Crippen LogP contribution in [0, 0.1) is 0 Å². The van der Waals surface area contributed by atoms with Crippen LogP contribution in [0.15, 0.2) is 0 Å². The van der Waals surface area contributed by atoms with E-state index in [4.69, 9.17) is 5.11 Å². The van der Waals surface area contributed by atoms with E-state index in [1.807, 2.05) is 0 Å². The van der Waals surface area contributed by atoms with Crippen molar-refractivity contribution in [2.45, 2.75) is 26.2 Å². The van der Waals surface area contributed by atoms with Crippen LogP contribution in [-0.4, -0.2) is 42.0 Å². The van der Waals surface area contributed by atoms with E-state index in [1.165, 1.54) is 0 Å². The lowest BCUT2D eigenvalue weighted by Crippen LogP contribution is -2.37. The molecule has 0 rings (SSSR count). The predicted octanol–water partition coefficient (Wildman–Crippen LogP) is 0.873. The number of carbonyl (C=O) groups is 1. The lowest BCUT2D eigenvalue weighted by Gasteiger charge is -2.20. The molecule has 0 atom stereocenters. The summed E-state index contributed by atoms with van der Waals surface area (Å²) in [4.78, 5) is 12.1. The number of carbonyl (C=O) groups excluding carboxylic acids is 1. The molecule has 0 aromatic carbocycles. The first-order chi connectivity index (χ1) is 6.11. The molecular formula is C8H15F2NO2. The summed E-state index contributed by atoms with van der Waals surface area (Å²) in [6.45, 7) is 0.933. The molecule has 78 valence electrons.